The van der Waals surface area contributed by atoms with E-state index in [1.54, 1.807) is 13.0 Å². The van der Waals surface area contributed by atoms with Gasteiger partial charge >= 0.3 is 5.97 Å². The molecule has 0 aliphatic carbocycles. The van der Waals surface area contributed by atoms with Crippen LogP contribution in [0.5, 0.6) is 0 Å². The van der Waals surface area contributed by atoms with E-state index >= 15 is 0 Å². The molecule has 6 heteroatoms. The normalized spacial score (nSPS) is 10.1. The zero-order valence-corrected chi connectivity index (χ0v) is 12.6. The molecule has 0 saturated heterocycles. The lowest BCUT2D eigenvalue weighted by molar-refractivity contribution is 0.0524. The largest absolute Gasteiger partial charge is 0.462 e. The average molecular weight is 402 g/mol. The summed E-state index contributed by atoms with van der Waals surface area (Å²) in [4.78, 5) is 11.6. The maximum atomic E-state index is 11.6. The Bertz CT molecular complexity index is 407. The molecular formula is C9H8Br3NO2. The Labute approximate surface area is 113 Å². The highest BCUT2D eigenvalue weighted by Gasteiger charge is 2.19. The van der Waals surface area contributed by atoms with Gasteiger partial charge in [0.15, 0.2) is 0 Å². The van der Waals surface area contributed by atoms with Crippen LogP contribution in [0.15, 0.2) is 19.5 Å². The number of anilines is 1. The van der Waals surface area contributed by atoms with E-state index in [-0.39, 0.29) is 0 Å². The van der Waals surface area contributed by atoms with Crippen LogP contribution in [0.3, 0.4) is 0 Å². The topological polar surface area (TPSA) is 52.3 Å². The zero-order chi connectivity index (χ0) is 11.6. The lowest BCUT2D eigenvalue weighted by Crippen LogP contribution is -2.08. The van der Waals surface area contributed by atoms with Crippen LogP contribution in [0.4, 0.5) is 5.69 Å². The number of nitrogens with two attached hydrogens (primary N) is 1. The van der Waals surface area contributed by atoms with Crippen molar-refractivity contribution in [3.8, 4) is 0 Å². The van der Waals surface area contributed by atoms with Crippen molar-refractivity contribution in [1.82, 2.24) is 0 Å². The van der Waals surface area contributed by atoms with Gasteiger partial charge in [0.05, 0.1) is 22.3 Å². The molecule has 0 saturated carbocycles. The molecule has 0 radical (unpaired) electrons. The van der Waals surface area contributed by atoms with E-state index in [1.165, 1.54) is 0 Å². The van der Waals surface area contributed by atoms with Gasteiger partial charge in [-0.15, -0.1) is 0 Å². The summed E-state index contributed by atoms with van der Waals surface area (Å²) in [7, 11) is 0. The Balaban J connectivity index is 3.29. The van der Waals surface area contributed by atoms with Gasteiger partial charge < -0.3 is 10.5 Å². The van der Waals surface area contributed by atoms with Crippen molar-refractivity contribution in [3.05, 3.63) is 25.0 Å². The molecule has 2 N–H and O–H groups in total. The standard InChI is InChI=1S/C9H8Br3NO2/c1-2-15-9(14)6-4(10)3-5(11)8(13)7(6)12/h3H,2,13H2,1H3. The molecule has 0 aliphatic rings. The van der Waals surface area contributed by atoms with E-state index in [0.717, 1.165) is 0 Å². The van der Waals surface area contributed by atoms with E-state index in [1.807, 2.05) is 0 Å². The van der Waals surface area contributed by atoms with Crippen molar-refractivity contribution in [2.24, 2.45) is 0 Å². The number of carbonyl (C=O) groups is 1. The first-order valence-electron chi connectivity index (χ1n) is 4.09. The van der Waals surface area contributed by atoms with Crippen LogP contribution in [-0.2, 0) is 4.74 Å². The van der Waals surface area contributed by atoms with Crippen molar-refractivity contribution in [2.75, 3.05) is 12.3 Å². The van der Waals surface area contributed by atoms with Crippen LogP contribution >= 0.6 is 47.8 Å². The predicted octanol–water partition coefficient (Wildman–Crippen LogP) is 3.73. The molecule has 0 spiro atoms. The number of carbonyl (C=O) groups excluding carboxylic acids is 1. The molecule has 1 aromatic rings. The van der Waals surface area contributed by atoms with Crippen molar-refractivity contribution in [2.45, 2.75) is 6.92 Å². The third-order valence-corrected chi connectivity index (χ3v) is 3.79. The molecule has 0 heterocycles. The Morgan fingerprint density at radius 1 is 1.40 bits per heavy atom. The maximum absolute atomic E-state index is 11.6. The molecule has 15 heavy (non-hydrogen) atoms. The highest BCUT2D eigenvalue weighted by atomic mass is 79.9. The molecular weight excluding hydrogens is 394 g/mol. The molecule has 0 unspecified atom stereocenters. The Kier molecular flexibility index (Phi) is 4.61. The maximum Gasteiger partial charge on any atom is 0.340 e. The van der Waals surface area contributed by atoms with Crippen molar-refractivity contribution in [3.63, 3.8) is 0 Å². The van der Waals surface area contributed by atoms with Crippen LogP contribution in [0.2, 0.25) is 0 Å². The van der Waals surface area contributed by atoms with Crippen LogP contribution in [0.25, 0.3) is 0 Å². The summed E-state index contributed by atoms with van der Waals surface area (Å²) in [6, 6.07) is 1.71. The molecule has 0 bridgehead atoms. The number of esters is 1. The minimum Gasteiger partial charge on any atom is -0.462 e. The number of benzene rings is 1. The molecule has 3 nitrogen and oxygen atoms in total. The number of halogens is 3. The molecule has 0 fully saturated rings. The summed E-state index contributed by atoms with van der Waals surface area (Å²) in [5.74, 6) is -0.407. The minimum atomic E-state index is -0.407. The highest BCUT2D eigenvalue weighted by molar-refractivity contribution is 9.11. The number of ether oxygens (including phenoxy) is 1. The summed E-state index contributed by atoms with van der Waals surface area (Å²) in [6.07, 6.45) is 0. The third kappa shape index (κ3) is 2.73. The van der Waals surface area contributed by atoms with Crippen LogP contribution in [0.1, 0.15) is 17.3 Å². The summed E-state index contributed by atoms with van der Waals surface area (Å²) in [5.41, 5.74) is 6.64. The Morgan fingerprint density at radius 2 is 2.00 bits per heavy atom. The molecule has 0 atom stereocenters. The number of hydrogen-bond donors (Lipinski definition) is 1. The van der Waals surface area contributed by atoms with Crippen molar-refractivity contribution in [1.29, 1.82) is 0 Å². The monoisotopic (exact) mass is 399 g/mol. The van der Waals surface area contributed by atoms with Crippen molar-refractivity contribution < 1.29 is 9.53 Å². The van der Waals surface area contributed by atoms with Gasteiger partial charge in [-0.2, -0.15) is 0 Å². The quantitative estimate of drug-likeness (QED) is 0.606. The fourth-order valence-electron chi connectivity index (χ4n) is 0.996. The van der Waals surface area contributed by atoms with Gasteiger partial charge in [0.1, 0.15) is 0 Å². The van der Waals surface area contributed by atoms with Gasteiger partial charge in [-0.05, 0) is 60.8 Å². The zero-order valence-electron chi connectivity index (χ0n) is 7.81. The second-order valence-corrected chi connectivity index (χ2v) is 5.17. The van der Waals surface area contributed by atoms with E-state index < -0.39 is 5.97 Å². The second-order valence-electron chi connectivity index (χ2n) is 2.66. The third-order valence-electron chi connectivity index (χ3n) is 1.69. The molecule has 0 amide bonds. The fraction of sp³-hybridized carbons (Fsp3) is 0.222. The van der Waals surface area contributed by atoms with Crippen LogP contribution in [0, 0.1) is 0 Å². The predicted molar refractivity (Wildman–Crippen MR) is 69.9 cm³/mol. The van der Waals surface area contributed by atoms with Gasteiger partial charge in [-0.25, -0.2) is 4.79 Å². The summed E-state index contributed by atoms with van der Waals surface area (Å²) >= 11 is 9.83. The molecule has 1 aromatic carbocycles. The van der Waals surface area contributed by atoms with E-state index in [2.05, 4.69) is 47.8 Å². The minimum absolute atomic E-state index is 0.327. The molecule has 1 rings (SSSR count). The van der Waals surface area contributed by atoms with E-state index in [0.29, 0.717) is 31.3 Å². The number of rotatable bonds is 2. The summed E-state index contributed by atoms with van der Waals surface area (Å²) in [5, 5.41) is 0. The lowest BCUT2D eigenvalue weighted by atomic mass is 10.2. The molecule has 0 aromatic heterocycles. The highest BCUT2D eigenvalue weighted by Crippen LogP contribution is 2.36. The number of hydrogen-bond acceptors (Lipinski definition) is 3. The van der Waals surface area contributed by atoms with Gasteiger partial charge in [-0.3, -0.25) is 0 Å². The fourth-order valence-corrected chi connectivity index (χ4v) is 3.44. The summed E-state index contributed by atoms with van der Waals surface area (Å²) in [6.45, 7) is 2.08. The van der Waals surface area contributed by atoms with Crippen LogP contribution < -0.4 is 5.73 Å². The van der Waals surface area contributed by atoms with Gasteiger partial charge in [0.2, 0.25) is 0 Å². The Morgan fingerprint density at radius 3 is 2.53 bits per heavy atom. The van der Waals surface area contributed by atoms with Crippen LogP contribution in [-0.4, -0.2) is 12.6 Å². The smallest absolute Gasteiger partial charge is 0.340 e. The first kappa shape index (κ1) is 13.0. The molecule has 0 aliphatic heterocycles. The van der Waals surface area contributed by atoms with E-state index in [9.17, 15) is 4.79 Å². The van der Waals surface area contributed by atoms with Crippen molar-refractivity contribution >= 4 is 59.4 Å². The van der Waals surface area contributed by atoms with Gasteiger partial charge in [-0.1, -0.05) is 0 Å². The Hall–Kier alpha value is -0.0700. The molecule has 82 valence electrons. The second kappa shape index (κ2) is 5.32. The van der Waals surface area contributed by atoms with E-state index in [4.69, 9.17) is 10.5 Å². The SMILES string of the molecule is CCOC(=O)c1c(Br)cc(Br)c(N)c1Br. The first-order valence-corrected chi connectivity index (χ1v) is 6.47. The summed E-state index contributed by atoms with van der Waals surface area (Å²) < 4.78 is 6.79. The first-order chi connectivity index (χ1) is 6.99. The average Bonchev–Trinajstić information content (AvgIpc) is 2.15. The lowest BCUT2D eigenvalue weighted by Gasteiger charge is -2.10. The van der Waals surface area contributed by atoms with Gasteiger partial charge in [0.25, 0.3) is 0 Å². The van der Waals surface area contributed by atoms with Gasteiger partial charge in [0, 0.05) is 8.95 Å². The number of nitrogen functional groups attached to an aromatic ring is 1.